The van der Waals surface area contributed by atoms with E-state index in [1.165, 1.54) is 0 Å². The van der Waals surface area contributed by atoms with E-state index in [-0.39, 0.29) is 0 Å². The van der Waals surface area contributed by atoms with Crippen LogP contribution in [0.4, 0.5) is 0 Å². The molecule has 1 N–H and O–H groups in total. The van der Waals surface area contributed by atoms with Crippen LogP contribution in [0.1, 0.15) is 19.2 Å². The zero-order valence-corrected chi connectivity index (χ0v) is 5.89. The average molecular weight is 126 g/mol. The third-order valence-corrected chi connectivity index (χ3v) is 1.32. The summed E-state index contributed by atoms with van der Waals surface area (Å²) in [6.45, 7) is 5.23. The number of hydrogen-bond acceptors (Lipinski definition) is 1. The van der Waals surface area contributed by atoms with E-state index in [9.17, 15) is 0 Å². The molecule has 0 radical (unpaired) electrons. The van der Waals surface area contributed by atoms with Crippen molar-refractivity contribution < 1.29 is 4.57 Å². The SMILES string of the molecule is CCC[n+]1cn[nH]c1C. The molecular formula is C6H12N3+. The molecule has 0 aromatic carbocycles. The summed E-state index contributed by atoms with van der Waals surface area (Å²) < 4.78 is 2.10. The van der Waals surface area contributed by atoms with Gasteiger partial charge >= 0.3 is 0 Å². The van der Waals surface area contributed by atoms with Crippen LogP contribution in [0.5, 0.6) is 0 Å². The Morgan fingerprint density at radius 2 is 2.56 bits per heavy atom. The first-order valence-electron chi connectivity index (χ1n) is 3.24. The molecule has 1 heterocycles. The van der Waals surface area contributed by atoms with Crippen molar-refractivity contribution >= 4 is 0 Å². The van der Waals surface area contributed by atoms with Gasteiger partial charge in [-0.05, 0) is 6.42 Å². The lowest BCUT2D eigenvalue weighted by Crippen LogP contribution is -2.34. The summed E-state index contributed by atoms with van der Waals surface area (Å²) in [5.74, 6) is 1.12. The second kappa shape index (κ2) is 2.62. The molecule has 0 spiro atoms. The lowest BCUT2D eigenvalue weighted by atomic mass is 10.5. The average Bonchev–Trinajstić information content (AvgIpc) is 2.18. The maximum absolute atomic E-state index is 3.88. The van der Waals surface area contributed by atoms with Gasteiger partial charge in [-0.3, -0.25) is 0 Å². The summed E-state index contributed by atoms with van der Waals surface area (Å²) in [5.41, 5.74) is 0. The van der Waals surface area contributed by atoms with Crippen LogP contribution in [0.15, 0.2) is 6.33 Å². The molecule has 50 valence electrons. The number of aromatic nitrogens is 3. The van der Waals surface area contributed by atoms with Crippen LogP contribution in [0.2, 0.25) is 0 Å². The van der Waals surface area contributed by atoms with Crippen LogP contribution >= 0.6 is 0 Å². The molecule has 0 atom stereocenters. The third kappa shape index (κ3) is 1.28. The standard InChI is InChI=1S/C6H11N3/c1-3-4-9-5-7-8-6(9)2/h5H,3-4H2,1-2H3/p+1. The lowest BCUT2D eigenvalue weighted by molar-refractivity contribution is -0.702. The van der Waals surface area contributed by atoms with Crippen LogP contribution in [-0.2, 0) is 6.54 Å². The fourth-order valence-corrected chi connectivity index (χ4v) is 0.809. The summed E-state index contributed by atoms with van der Waals surface area (Å²) in [5, 5.41) is 6.74. The van der Waals surface area contributed by atoms with Crippen LogP contribution in [0, 0.1) is 6.92 Å². The van der Waals surface area contributed by atoms with E-state index in [0.29, 0.717) is 0 Å². The van der Waals surface area contributed by atoms with E-state index >= 15 is 0 Å². The summed E-state index contributed by atoms with van der Waals surface area (Å²) in [7, 11) is 0. The molecule has 0 aliphatic rings. The van der Waals surface area contributed by atoms with E-state index in [2.05, 4.69) is 21.7 Å². The first-order chi connectivity index (χ1) is 4.34. The minimum Gasteiger partial charge on any atom is -0.235 e. The number of nitrogens with one attached hydrogen (secondary N) is 1. The Kier molecular flexibility index (Phi) is 1.82. The van der Waals surface area contributed by atoms with Gasteiger partial charge in [0, 0.05) is 12.0 Å². The Bertz CT molecular complexity index is 180. The summed E-state index contributed by atoms with van der Waals surface area (Å²) >= 11 is 0. The van der Waals surface area contributed by atoms with Gasteiger partial charge in [0.05, 0.1) is 6.54 Å². The normalized spacial score (nSPS) is 10.0. The topological polar surface area (TPSA) is 32.6 Å². The highest BCUT2D eigenvalue weighted by Gasteiger charge is 2.00. The molecule has 0 unspecified atom stereocenters. The smallest absolute Gasteiger partial charge is 0.235 e. The minimum atomic E-state index is 1.06. The second-order valence-corrected chi connectivity index (χ2v) is 2.14. The molecule has 1 aromatic rings. The molecule has 0 amide bonds. The van der Waals surface area contributed by atoms with Crippen molar-refractivity contribution in [2.75, 3.05) is 0 Å². The van der Waals surface area contributed by atoms with E-state index in [0.717, 1.165) is 18.8 Å². The molecule has 9 heavy (non-hydrogen) atoms. The fourth-order valence-electron chi connectivity index (χ4n) is 0.809. The van der Waals surface area contributed by atoms with Gasteiger partial charge in [-0.25, -0.2) is 4.57 Å². The molecule has 1 aromatic heterocycles. The molecule has 0 saturated heterocycles. The number of aromatic amines is 1. The highest BCUT2D eigenvalue weighted by Crippen LogP contribution is 1.79. The maximum atomic E-state index is 3.88. The van der Waals surface area contributed by atoms with Crippen molar-refractivity contribution in [3.05, 3.63) is 12.2 Å². The van der Waals surface area contributed by atoms with Gasteiger partial charge in [0.15, 0.2) is 0 Å². The van der Waals surface area contributed by atoms with Crippen LogP contribution in [0.3, 0.4) is 0 Å². The first-order valence-corrected chi connectivity index (χ1v) is 3.24. The first kappa shape index (κ1) is 6.26. The van der Waals surface area contributed by atoms with Crippen molar-refractivity contribution in [1.82, 2.24) is 10.2 Å². The van der Waals surface area contributed by atoms with Gasteiger partial charge in [-0.15, -0.1) is 5.10 Å². The molecule has 0 aliphatic carbocycles. The Morgan fingerprint density at radius 1 is 1.78 bits per heavy atom. The van der Waals surface area contributed by atoms with Gasteiger partial charge in [0.25, 0.3) is 6.33 Å². The number of aryl methyl sites for hydroxylation is 2. The van der Waals surface area contributed by atoms with Crippen molar-refractivity contribution in [3.8, 4) is 0 Å². The molecule has 3 nitrogen and oxygen atoms in total. The Balaban J connectivity index is 2.69. The molecule has 0 fully saturated rings. The number of H-pyrrole nitrogens is 1. The monoisotopic (exact) mass is 126 g/mol. The van der Waals surface area contributed by atoms with Gasteiger partial charge in [0.1, 0.15) is 0 Å². The van der Waals surface area contributed by atoms with E-state index in [1.54, 1.807) is 0 Å². The van der Waals surface area contributed by atoms with Crippen LogP contribution in [-0.4, -0.2) is 10.2 Å². The number of rotatable bonds is 2. The maximum Gasteiger partial charge on any atom is 0.265 e. The highest BCUT2D eigenvalue weighted by atomic mass is 15.2. The summed E-state index contributed by atoms with van der Waals surface area (Å²) in [4.78, 5) is 0. The molecule has 0 saturated carbocycles. The zero-order chi connectivity index (χ0) is 6.69. The number of nitrogens with zero attached hydrogens (tertiary/aromatic N) is 2. The zero-order valence-electron chi connectivity index (χ0n) is 5.89. The van der Waals surface area contributed by atoms with E-state index < -0.39 is 0 Å². The van der Waals surface area contributed by atoms with E-state index in [1.807, 2.05) is 13.3 Å². The molecule has 0 bridgehead atoms. The van der Waals surface area contributed by atoms with Gasteiger partial charge in [0.2, 0.25) is 5.82 Å². The Labute approximate surface area is 54.7 Å². The van der Waals surface area contributed by atoms with Crippen molar-refractivity contribution in [1.29, 1.82) is 0 Å². The number of hydrogen-bond donors (Lipinski definition) is 1. The van der Waals surface area contributed by atoms with Crippen molar-refractivity contribution in [2.45, 2.75) is 26.8 Å². The van der Waals surface area contributed by atoms with Crippen LogP contribution in [0.25, 0.3) is 0 Å². The Morgan fingerprint density at radius 3 is 3.00 bits per heavy atom. The second-order valence-electron chi connectivity index (χ2n) is 2.14. The minimum absolute atomic E-state index is 1.06. The Hall–Kier alpha value is -0.860. The largest absolute Gasteiger partial charge is 0.265 e. The fraction of sp³-hybridized carbons (Fsp3) is 0.667. The summed E-state index contributed by atoms with van der Waals surface area (Å²) in [6.07, 6.45) is 2.98. The molecular weight excluding hydrogens is 114 g/mol. The van der Waals surface area contributed by atoms with Gasteiger partial charge in [-0.2, -0.15) is 0 Å². The predicted octanol–water partition coefficient (Wildman–Crippen LogP) is 0.416. The van der Waals surface area contributed by atoms with Crippen LogP contribution < -0.4 is 4.57 Å². The molecule has 3 heteroatoms. The predicted molar refractivity (Wildman–Crippen MR) is 33.8 cm³/mol. The lowest BCUT2D eigenvalue weighted by Gasteiger charge is -1.90. The van der Waals surface area contributed by atoms with E-state index in [4.69, 9.17) is 0 Å². The highest BCUT2D eigenvalue weighted by molar-refractivity contribution is 4.58. The van der Waals surface area contributed by atoms with Gasteiger partial charge < -0.3 is 0 Å². The van der Waals surface area contributed by atoms with Crippen molar-refractivity contribution in [3.63, 3.8) is 0 Å². The summed E-state index contributed by atoms with van der Waals surface area (Å²) in [6, 6.07) is 0. The molecule has 0 aliphatic heterocycles. The van der Waals surface area contributed by atoms with Crippen molar-refractivity contribution in [2.24, 2.45) is 0 Å². The third-order valence-electron chi connectivity index (χ3n) is 1.32. The van der Waals surface area contributed by atoms with Gasteiger partial charge in [-0.1, -0.05) is 6.92 Å². The quantitative estimate of drug-likeness (QED) is 0.572. The molecule has 1 rings (SSSR count).